The average molecular weight is 524 g/mol. The highest BCUT2D eigenvalue weighted by Crippen LogP contribution is 2.34. The third-order valence-electron chi connectivity index (χ3n) is 6.53. The molecule has 0 radical (unpaired) electrons. The molecule has 1 atom stereocenters. The molecule has 0 aliphatic carbocycles. The lowest BCUT2D eigenvalue weighted by Gasteiger charge is -2.37. The van der Waals surface area contributed by atoms with Crippen LogP contribution in [-0.4, -0.2) is 66.3 Å². The summed E-state index contributed by atoms with van der Waals surface area (Å²) in [5, 5.41) is 3.89. The van der Waals surface area contributed by atoms with Gasteiger partial charge in [0.1, 0.15) is 27.7 Å². The van der Waals surface area contributed by atoms with Crippen LogP contribution in [0.15, 0.2) is 30.3 Å². The molecule has 0 saturated carbocycles. The Labute approximate surface area is 220 Å². The molecule has 2 aromatic heterocycles. The summed E-state index contributed by atoms with van der Waals surface area (Å²) in [6.07, 6.45) is 0.411. The lowest BCUT2D eigenvalue weighted by atomic mass is 10.0. The van der Waals surface area contributed by atoms with Crippen molar-refractivity contribution in [1.82, 2.24) is 15.2 Å². The Kier molecular flexibility index (Phi) is 6.61. The van der Waals surface area contributed by atoms with Crippen molar-refractivity contribution >= 4 is 44.9 Å². The number of nitrogens with zero attached hydrogens (tertiary/aromatic N) is 3. The van der Waals surface area contributed by atoms with E-state index >= 15 is 0 Å². The van der Waals surface area contributed by atoms with Crippen LogP contribution >= 0.6 is 11.3 Å². The van der Waals surface area contributed by atoms with Crippen LogP contribution in [0, 0.1) is 6.92 Å². The van der Waals surface area contributed by atoms with Crippen molar-refractivity contribution in [2.45, 2.75) is 45.8 Å². The molecule has 2 amide bonds. The molecule has 10 heteroatoms. The number of benzene rings is 1. The zero-order valence-corrected chi connectivity index (χ0v) is 22.5. The van der Waals surface area contributed by atoms with Crippen LogP contribution in [0.4, 0.5) is 16.2 Å². The number of hydrogen-bond acceptors (Lipinski definition) is 8. The number of nitrogens with two attached hydrogens (primary N) is 1. The van der Waals surface area contributed by atoms with Crippen LogP contribution < -0.4 is 20.7 Å². The fraction of sp³-hybridized carbons (Fsp3) is 0.444. The summed E-state index contributed by atoms with van der Waals surface area (Å²) in [5.41, 5.74) is 9.23. The summed E-state index contributed by atoms with van der Waals surface area (Å²) in [6.45, 7) is 10.6. The third kappa shape index (κ3) is 5.44. The van der Waals surface area contributed by atoms with Gasteiger partial charge in [-0.3, -0.25) is 4.79 Å². The number of hydrogen-bond donors (Lipinski definition) is 2. The maximum absolute atomic E-state index is 13.0. The first kappa shape index (κ1) is 25.1. The monoisotopic (exact) mass is 523 g/mol. The number of carbonyl (C=O) groups excluding carboxylic acids is 2. The molecule has 3 aromatic rings. The van der Waals surface area contributed by atoms with E-state index in [1.807, 2.05) is 39.8 Å². The zero-order chi connectivity index (χ0) is 26.3. The van der Waals surface area contributed by atoms with E-state index in [0.717, 1.165) is 46.0 Å². The van der Waals surface area contributed by atoms with E-state index in [1.165, 1.54) is 11.3 Å². The fourth-order valence-corrected chi connectivity index (χ4v) is 5.68. The lowest BCUT2D eigenvalue weighted by Crippen LogP contribution is -2.50. The van der Waals surface area contributed by atoms with Gasteiger partial charge in [-0.05, 0) is 57.9 Å². The van der Waals surface area contributed by atoms with E-state index in [1.54, 1.807) is 4.90 Å². The van der Waals surface area contributed by atoms with E-state index in [9.17, 15) is 9.59 Å². The van der Waals surface area contributed by atoms with E-state index in [-0.39, 0.29) is 18.0 Å². The number of ether oxygens (including phenoxy) is 2. The molecule has 196 valence electrons. The van der Waals surface area contributed by atoms with Crippen molar-refractivity contribution in [2.24, 2.45) is 0 Å². The molecule has 0 spiro atoms. The van der Waals surface area contributed by atoms with Gasteiger partial charge < -0.3 is 30.3 Å². The minimum atomic E-state index is -0.498. The Hall–Kier alpha value is -3.53. The maximum Gasteiger partial charge on any atom is 0.410 e. The van der Waals surface area contributed by atoms with Crippen molar-refractivity contribution in [3.05, 3.63) is 46.5 Å². The Morgan fingerprint density at radius 2 is 1.92 bits per heavy atom. The smallest absolute Gasteiger partial charge is 0.410 e. The van der Waals surface area contributed by atoms with Gasteiger partial charge in [0.2, 0.25) is 0 Å². The van der Waals surface area contributed by atoms with Crippen molar-refractivity contribution < 1.29 is 19.1 Å². The van der Waals surface area contributed by atoms with Crippen molar-refractivity contribution in [2.75, 3.05) is 43.4 Å². The minimum absolute atomic E-state index is 0.150. The van der Waals surface area contributed by atoms with Gasteiger partial charge in [0.15, 0.2) is 0 Å². The van der Waals surface area contributed by atoms with Crippen LogP contribution in [0.25, 0.3) is 10.2 Å². The van der Waals surface area contributed by atoms with Crippen molar-refractivity contribution in [3.63, 3.8) is 0 Å². The number of nitrogen functional groups attached to an aromatic ring is 1. The second kappa shape index (κ2) is 9.74. The molecule has 3 N–H and O–H groups in total. The first-order valence-electron chi connectivity index (χ1n) is 12.5. The number of thiophene rings is 1. The Bertz CT molecular complexity index is 1340. The zero-order valence-electron chi connectivity index (χ0n) is 21.7. The molecule has 0 unspecified atom stereocenters. The Morgan fingerprint density at radius 1 is 1.16 bits per heavy atom. The average Bonchev–Trinajstić information content (AvgIpc) is 3.18. The molecule has 37 heavy (non-hydrogen) atoms. The highest BCUT2D eigenvalue weighted by atomic mass is 32.1. The van der Waals surface area contributed by atoms with Crippen LogP contribution in [0.3, 0.4) is 0 Å². The molecule has 1 aromatic carbocycles. The van der Waals surface area contributed by atoms with Crippen LogP contribution in [0.5, 0.6) is 5.75 Å². The second-order valence-corrected chi connectivity index (χ2v) is 11.6. The first-order chi connectivity index (χ1) is 17.6. The van der Waals surface area contributed by atoms with Gasteiger partial charge in [0, 0.05) is 49.0 Å². The van der Waals surface area contributed by atoms with Crippen LogP contribution in [0.2, 0.25) is 0 Å². The van der Waals surface area contributed by atoms with Gasteiger partial charge in [-0.15, -0.1) is 11.3 Å². The summed E-state index contributed by atoms with van der Waals surface area (Å²) >= 11 is 1.32. The molecule has 2 aliphatic heterocycles. The second-order valence-electron chi connectivity index (χ2n) is 10.6. The number of fused-ring (bicyclic) bond motifs is 2. The van der Waals surface area contributed by atoms with Gasteiger partial charge in [-0.25, -0.2) is 9.78 Å². The van der Waals surface area contributed by atoms with Gasteiger partial charge in [0.05, 0.1) is 11.7 Å². The Morgan fingerprint density at radius 3 is 2.65 bits per heavy atom. The standard InChI is InChI=1S/C27H33N5O4S/c1-16-5-8-20-22(28)23(37-25(20)29-16)24(33)30-18-13-17-6-7-19(14-21(17)35-15-18)31-9-11-32(12-10-31)26(34)36-27(2,3)4/h5-8,14,18H,9-13,15,28H2,1-4H3,(H,30,33)/t18-/m1/s1. The maximum atomic E-state index is 13.0. The van der Waals surface area contributed by atoms with Gasteiger partial charge in [-0.1, -0.05) is 6.07 Å². The summed E-state index contributed by atoms with van der Waals surface area (Å²) in [4.78, 5) is 35.1. The van der Waals surface area contributed by atoms with Gasteiger partial charge in [0.25, 0.3) is 5.91 Å². The lowest BCUT2D eigenvalue weighted by molar-refractivity contribution is 0.0240. The molecular formula is C27H33N5O4S. The summed E-state index contributed by atoms with van der Waals surface area (Å²) in [5.74, 6) is 0.633. The topological polar surface area (TPSA) is 110 Å². The summed E-state index contributed by atoms with van der Waals surface area (Å²) in [7, 11) is 0. The van der Waals surface area contributed by atoms with E-state index in [0.29, 0.717) is 36.7 Å². The third-order valence-corrected chi connectivity index (χ3v) is 7.64. The fourth-order valence-electron chi connectivity index (χ4n) is 4.63. The van der Waals surface area contributed by atoms with Crippen LogP contribution in [0.1, 0.15) is 41.7 Å². The normalized spacial score (nSPS) is 17.8. The number of amides is 2. The molecule has 9 nitrogen and oxygen atoms in total. The highest BCUT2D eigenvalue weighted by Gasteiger charge is 2.28. The molecule has 4 heterocycles. The number of aromatic nitrogens is 1. The molecule has 0 bridgehead atoms. The molecule has 1 fully saturated rings. The van der Waals surface area contributed by atoms with Crippen molar-refractivity contribution in [3.8, 4) is 5.75 Å². The number of nitrogens with one attached hydrogen (secondary N) is 1. The predicted octanol–water partition coefficient (Wildman–Crippen LogP) is 3.98. The van der Waals surface area contributed by atoms with E-state index < -0.39 is 5.60 Å². The SMILES string of the molecule is Cc1ccc2c(N)c(C(=O)N[C@H]3COc4cc(N5CCN(C(=O)OC(C)(C)C)CC5)ccc4C3)sc2n1. The van der Waals surface area contributed by atoms with Gasteiger partial charge >= 0.3 is 6.09 Å². The van der Waals surface area contributed by atoms with E-state index in [2.05, 4.69) is 33.4 Å². The van der Waals surface area contributed by atoms with Crippen LogP contribution in [-0.2, 0) is 11.2 Å². The van der Waals surface area contributed by atoms with E-state index in [4.69, 9.17) is 15.2 Å². The molecule has 2 aliphatic rings. The molecule has 5 rings (SSSR count). The predicted molar refractivity (Wildman–Crippen MR) is 146 cm³/mol. The van der Waals surface area contributed by atoms with Crippen molar-refractivity contribution in [1.29, 1.82) is 0 Å². The molecular weight excluding hydrogens is 490 g/mol. The molecule has 1 saturated heterocycles. The number of aryl methyl sites for hydroxylation is 1. The number of piperazine rings is 1. The summed E-state index contributed by atoms with van der Waals surface area (Å²) in [6, 6.07) is 9.84. The first-order valence-corrected chi connectivity index (χ1v) is 13.3. The quantitative estimate of drug-likeness (QED) is 0.534. The largest absolute Gasteiger partial charge is 0.491 e. The Balaban J connectivity index is 1.19. The number of pyridine rings is 1. The number of carbonyl (C=O) groups is 2. The highest BCUT2D eigenvalue weighted by molar-refractivity contribution is 7.21. The summed E-state index contributed by atoms with van der Waals surface area (Å²) < 4.78 is 11.6. The minimum Gasteiger partial charge on any atom is -0.491 e. The number of anilines is 2. The van der Waals surface area contributed by atoms with Gasteiger partial charge in [-0.2, -0.15) is 0 Å². The number of rotatable bonds is 3.